The maximum atomic E-state index is 14.2. The highest BCUT2D eigenvalue weighted by molar-refractivity contribution is 5.72. The molecule has 1 saturated heterocycles. The van der Waals surface area contributed by atoms with Crippen LogP contribution in [-0.2, 0) is 11.3 Å². The number of carbonyl (C=O) groups is 1. The zero-order chi connectivity index (χ0) is 30.0. The first kappa shape index (κ1) is 29.1. The Hall–Kier alpha value is -4.41. The van der Waals surface area contributed by atoms with Gasteiger partial charge in [0, 0.05) is 48.3 Å². The standard InChI is InChI=1S/C31H37FN6O4/c1-19-26(20-9-7-11-23(32)15-20)34-29(33-17-21-12-13-24(40-5)16-25(21)41-6)38-28(19)35-27(36-38)22-10-8-14-37(18-22)30(39)42-31(2,3)4/h7,9,11-13,15-16,22H,8,10,14,17-18H2,1-6H3,(H,33,34)/t22-/m1/s1. The van der Waals surface area contributed by atoms with Crippen molar-refractivity contribution in [2.75, 3.05) is 32.6 Å². The van der Waals surface area contributed by atoms with Crippen molar-refractivity contribution >= 4 is 17.7 Å². The third kappa shape index (κ3) is 6.24. The minimum atomic E-state index is -0.575. The number of benzene rings is 2. The van der Waals surface area contributed by atoms with Gasteiger partial charge in [-0.1, -0.05) is 12.1 Å². The predicted molar refractivity (Wildman–Crippen MR) is 158 cm³/mol. The molecule has 1 aliphatic rings. The summed E-state index contributed by atoms with van der Waals surface area (Å²) in [7, 11) is 3.21. The normalized spacial score (nSPS) is 15.5. The second-order valence-corrected chi connectivity index (χ2v) is 11.4. The molecule has 0 saturated carbocycles. The lowest BCUT2D eigenvalue weighted by molar-refractivity contribution is 0.0196. The smallest absolute Gasteiger partial charge is 0.410 e. The van der Waals surface area contributed by atoms with Crippen molar-refractivity contribution < 1.29 is 23.4 Å². The summed E-state index contributed by atoms with van der Waals surface area (Å²) in [5.74, 6) is 2.00. The van der Waals surface area contributed by atoms with Gasteiger partial charge in [0.1, 0.15) is 22.9 Å². The topological polar surface area (TPSA) is 103 Å². The van der Waals surface area contributed by atoms with Crippen LogP contribution in [0.4, 0.5) is 15.1 Å². The van der Waals surface area contributed by atoms with Gasteiger partial charge in [-0.3, -0.25) is 0 Å². The molecule has 5 rings (SSSR count). The fraction of sp³-hybridized carbons (Fsp3) is 0.419. The van der Waals surface area contributed by atoms with Gasteiger partial charge in [-0.25, -0.2) is 19.2 Å². The number of anilines is 1. The SMILES string of the molecule is COc1ccc(CNc2nc(-c3cccc(F)c3)c(C)c3nc([C@@H]4CCCN(C(=O)OC(C)(C)C)C4)nn23)c(OC)c1. The molecule has 10 nitrogen and oxygen atoms in total. The number of halogens is 1. The van der Waals surface area contributed by atoms with Crippen LogP contribution >= 0.6 is 0 Å². The molecule has 2 aromatic carbocycles. The number of rotatable bonds is 7. The molecule has 0 spiro atoms. The van der Waals surface area contributed by atoms with E-state index in [1.165, 1.54) is 12.1 Å². The summed E-state index contributed by atoms with van der Waals surface area (Å²) in [6, 6.07) is 11.9. The number of likely N-dealkylation sites (tertiary alicyclic amines) is 1. The monoisotopic (exact) mass is 576 g/mol. The third-order valence-electron chi connectivity index (χ3n) is 7.20. The fourth-order valence-corrected chi connectivity index (χ4v) is 5.12. The highest BCUT2D eigenvalue weighted by Crippen LogP contribution is 2.31. The van der Waals surface area contributed by atoms with Gasteiger partial charge in [-0.05, 0) is 64.8 Å². The summed E-state index contributed by atoms with van der Waals surface area (Å²) in [5, 5.41) is 8.26. The summed E-state index contributed by atoms with van der Waals surface area (Å²) in [5.41, 5.74) is 2.93. The van der Waals surface area contributed by atoms with E-state index < -0.39 is 5.60 Å². The summed E-state index contributed by atoms with van der Waals surface area (Å²) in [6.45, 7) is 8.95. The molecule has 0 aliphatic carbocycles. The zero-order valence-electron chi connectivity index (χ0n) is 24.9. The van der Waals surface area contributed by atoms with Crippen molar-refractivity contribution in [3.05, 3.63) is 65.2 Å². The molecule has 3 heterocycles. The Morgan fingerprint density at radius 3 is 2.64 bits per heavy atom. The van der Waals surface area contributed by atoms with Gasteiger partial charge >= 0.3 is 6.09 Å². The molecule has 0 unspecified atom stereocenters. The van der Waals surface area contributed by atoms with E-state index in [4.69, 9.17) is 29.3 Å². The third-order valence-corrected chi connectivity index (χ3v) is 7.20. The number of carbonyl (C=O) groups excluding carboxylic acids is 1. The highest BCUT2D eigenvalue weighted by Gasteiger charge is 2.31. The van der Waals surface area contributed by atoms with Crippen LogP contribution < -0.4 is 14.8 Å². The molecule has 1 atom stereocenters. The molecule has 42 heavy (non-hydrogen) atoms. The minimum Gasteiger partial charge on any atom is -0.497 e. The Bertz CT molecular complexity index is 1600. The molecular formula is C31H37FN6O4. The van der Waals surface area contributed by atoms with Crippen molar-refractivity contribution in [2.45, 2.75) is 58.6 Å². The van der Waals surface area contributed by atoms with E-state index >= 15 is 0 Å². The first-order valence-electron chi connectivity index (χ1n) is 14.0. The molecule has 1 aliphatic heterocycles. The van der Waals surface area contributed by atoms with E-state index in [1.807, 2.05) is 52.0 Å². The van der Waals surface area contributed by atoms with Crippen LogP contribution in [0.2, 0.25) is 0 Å². The van der Waals surface area contributed by atoms with Crippen LogP contribution in [0.25, 0.3) is 16.9 Å². The van der Waals surface area contributed by atoms with Crippen LogP contribution in [0.5, 0.6) is 11.5 Å². The number of ether oxygens (including phenoxy) is 3. The lowest BCUT2D eigenvalue weighted by atomic mass is 9.98. The lowest BCUT2D eigenvalue weighted by Gasteiger charge is -2.33. The Morgan fingerprint density at radius 1 is 1.12 bits per heavy atom. The Labute approximate surface area is 244 Å². The van der Waals surface area contributed by atoms with Gasteiger partial charge in [-0.15, -0.1) is 5.10 Å². The number of fused-ring (bicyclic) bond motifs is 1. The molecule has 0 radical (unpaired) electrons. The molecule has 11 heteroatoms. The van der Waals surface area contributed by atoms with Gasteiger partial charge in [-0.2, -0.15) is 4.52 Å². The van der Waals surface area contributed by atoms with Crippen LogP contribution in [0.15, 0.2) is 42.5 Å². The minimum absolute atomic E-state index is 0.0716. The van der Waals surface area contributed by atoms with Crippen LogP contribution in [0.3, 0.4) is 0 Å². The average Bonchev–Trinajstić information content (AvgIpc) is 3.42. The molecular weight excluding hydrogens is 539 g/mol. The molecule has 1 N–H and O–H groups in total. The van der Waals surface area contributed by atoms with Crippen molar-refractivity contribution in [3.8, 4) is 22.8 Å². The molecule has 222 valence electrons. The van der Waals surface area contributed by atoms with Crippen molar-refractivity contribution in [1.82, 2.24) is 24.5 Å². The first-order valence-corrected chi connectivity index (χ1v) is 14.0. The number of aryl methyl sites for hydroxylation is 1. The predicted octanol–water partition coefficient (Wildman–Crippen LogP) is 5.98. The summed E-state index contributed by atoms with van der Waals surface area (Å²) >= 11 is 0. The molecule has 4 aromatic rings. The van der Waals surface area contributed by atoms with Crippen LogP contribution in [0.1, 0.15) is 56.5 Å². The molecule has 1 fully saturated rings. The number of methoxy groups -OCH3 is 2. The summed E-state index contributed by atoms with van der Waals surface area (Å²) < 4.78 is 32.4. The van der Waals surface area contributed by atoms with E-state index in [2.05, 4.69) is 5.32 Å². The average molecular weight is 577 g/mol. The van der Waals surface area contributed by atoms with Crippen molar-refractivity contribution in [2.24, 2.45) is 0 Å². The number of piperidine rings is 1. The second kappa shape index (κ2) is 11.8. The Kier molecular flexibility index (Phi) is 8.20. The zero-order valence-corrected chi connectivity index (χ0v) is 24.9. The summed E-state index contributed by atoms with van der Waals surface area (Å²) in [6.07, 6.45) is 1.32. The first-order chi connectivity index (χ1) is 20.1. The maximum absolute atomic E-state index is 14.2. The van der Waals surface area contributed by atoms with E-state index in [-0.39, 0.29) is 17.8 Å². The van der Waals surface area contributed by atoms with Gasteiger partial charge < -0.3 is 24.4 Å². The highest BCUT2D eigenvalue weighted by atomic mass is 19.1. The molecule has 0 bridgehead atoms. The molecule has 2 aromatic heterocycles. The lowest BCUT2D eigenvalue weighted by Crippen LogP contribution is -2.42. The van der Waals surface area contributed by atoms with E-state index in [1.54, 1.807) is 29.7 Å². The number of nitrogens with one attached hydrogen (secondary N) is 1. The summed E-state index contributed by atoms with van der Waals surface area (Å²) in [4.78, 5) is 24.4. The molecule has 1 amide bonds. The van der Waals surface area contributed by atoms with E-state index in [0.29, 0.717) is 59.8 Å². The largest absolute Gasteiger partial charge is 0.497 e. The number of nitrogens with zero attached hydrogens (tertiary/aromatic N) is 5. The Balaban J connectivity index is 1.52. The van der Waals surface area contributed by atoms with Crippen LogP contribution in [-0.4, -0.2) is 63.5 Å². The van der Waals surface area contributed by atoms with Gasteiger partial charge in [0.15, 0.2) is 11.5 Å². The second-order valence-electron chi connectivity index (χ2n) is 11.4. The number of aromatic nitrogens is 4. The van der Waals surface area contributed by atoms with Crippen LogP contribution in [0, 0.1) is 12.7 Å². The quantitative estimate of drug-likeness (QED) is 0.287. The van der Waals surface area contributed by atoms with Gasteiger partial charge in [0.2, 0.25) is 5.95 Å². The van der Waals surface area contributed by atoms with Crippen molar-refractivity contribution in [1.29, 1.82) is 0 Å². The number of amides is 1. The fourth-order valence-electron chi connectivity index (χ4n) is 5.12. The Morgan fingerprint density at radius 2 is 1.93 bits per heavy atom. The maximum Gasteiger partial charge on any atom is 0.410 e. The van der Waals surface area contributed by atoms with E-state index in [9.17, 15) is 9.18 Å². The van der Waals surface area contributed by atoms with Gasteiger partial charge in [0.25, 0.3) is 0 Å². The van der Waals surface area contributed by atoms with Crippen molar-refractivity contribution in [3.63, 3.8) is 0 Å². The van der Waals surface area contributed by atoms with Gasteiger partial charge in [0.05, 0.1) is 19.9 Å². The number of hydrogen-bond donors (Lipinski definition) is 1. The number of hydrogen-bond acceptors (Lipinski definition) is 8. The van der Waals surface area contributed by atoms with E-state index in [0.717, 1.165) is 24.0 Å².